The first-order chi connectivity index (χ1) is 7.59. The zero-order valence-corrected chi connectivity index (χ0v) is 9.60. The van der Waals surface area contributed by atoms with Gasteiger partial charge in [0.25, 0.3) is 0 Å². The molecule has 3 N–H and O–H groups in total. The normalized spacial score (nSPS) is 12.2. The highest BCUT2D eigenvalue weighted by Crippen LogP contribution is 2.10. The van der Waals surface area contributed by atoms with Gasteiger partial charge in [-0.15, -0.1) is 0 Å². The maximum Gasteiger partial charge on any atom is 0.315 e. The average molecular weight is 222 g/mol. The number of hydrogen-bond donors (Lipinski definition) is 3. The number of rotatable bonds is 4. The lowest BCUT2D eigenvalue weighted by Gasteiger charge is -2.14. The van der Waals surface area contributed by atoms with Gasteiger partial charge in [-0.25, -0.2) is 4.79 Å². The summed E-state index contributed by atoms with van der Waals surface area (Å²) < 4.78 is 0. The summed E-state index contributed by atoms with van der Waals surface area (Å²) in [5.41, 5.74) is 0.798. The third-order valence-corrected chi connectivity index (χ3v) is 2.06. The summed E-state index contributed by atoms with van der Waals surface area (Å²) in [7, 11) is 0. The largest absolute Gasteiger partial charge is 0.387 e. The van der Waals surface area contributed by atoms with Crippen LogP contribution in [0.2, 0.25) is 0 Å². The van der Waals surface area contributed by atoms with Gasteiger partial charge >= 0.3 is 6.03 Å². The van der Waals surface area contributed by atoms with Crippen LogP contribution in [0.4, 0.5) is 4.79 Å². The van der Waals surface area contributed by atoms with E-state index in [1.165, 1.54) is 0 Å². The van der Waals surface area contributed by atoms with Crippen molar-refractivity contribution >= 4 is 6.03 Å². The van der Waals surface area contributed by atoms with Crippen molar-refractivity contribution in [1.82, 2.24) is 10.6 Å². The van der Waals surface area contributed by atoms with Gasteiger partial charge in [-0.2, -0.15) is 0 Å². The van der Waals surface area contributed by atoms with Crippen LogP contribution >= 0.6 is 0 Å². The van der Waals surface area contributed by atoms with Gasteiger partial charge in [0.05, 0.1) is 6.10 Å². The van der Waals surface area contributed by atoms with E-state index in [1.807, 2.05) is 44.2 Å². The Balaban J connectivity index is 2.36. The highest BCUT2D eigenvalue weighted by molar-refractivity contribution is 5.74. The highest BCUT2D eigenvalue weighted by atomic mass is 16.3. The van der Waals surface area contributed by atoms with Crippen LogP contribution in [0, 0.1) is 0 Å². The molecule has 1 unspecified atom stereocenters. The standard InChI is InChI=1S/C12H18N2O2/c1-9(2)14-12(16)13-8-11(15)10-6-4-3-5-7-10/h3-7,9,11,15H,8H2,1-2H3,(H2,13,14,16). The molecule has 4 nitrogen and oxygen atoms in total. The Morgan fingerprint density at radius 3 is 2.50 bits per heavy atom. The van der Waals surface area contributed by atoms with E-state index in [2.05, 4.69) is 10.6 Å². The summed E-state index contributed by atoms with van der Waals surface area (Å²) in [6.07, 6.45) is -0.667. The maximum absolute atomic E-state index is 11.3. The molecular weight excluding hydrogens is 204 g/mol. The molecule has 4 heteroatoms. The molecule has 2 amide bonds. The quantitative estimate of drug-likeness (QED) is 0.721. The zero-order valence-electron chi connectivity index (χ0n) is 9.60. The Labute approximate surface area is 95.7 Å². The third kappa shape index (κ3) is 4.31. The molecule has 0 fully saturated rings. The lowest BCUT2D eigenvalue weighted by Crippen LogP contribution is -2.41. The van der Waals surface area contributed by atoms with Crippen LogP contribution in [0.5, 0.6) is 0 Å². The number of benzene rings is 1. The summed E-state index contributed by atoms with van der Waals surface area (Å²) in [6, 6.07) is 9.08. The number of carbonyl (C=O) groups excluding carboxylic acids is 1. The summed E-state index contributed by atoms with van der Waals surface area (Å²) >= 11 is 0. The molecule has 0 spiro atoms. The molecule has 0 bridgehead atoms. The van der Waals surface area contributed by atoms with E-state index in [4.69, 9.17) is 0 Å². The van der Waals surface area contributed by atoms with Crippen molar-refractivity contribution in [2.24, 2.45) is 0 Å². The van der Waals surface area contributed by atoms with E-state index < -0.39 is 6.10 Å². The third-order valence-electron chi connectivity index (χ3n) is 2.06. The van der Waals surface area contributed by atoms with Crippen molar-refractivity contribution in [1.29, 1.82) is 0 Å². The summed E-state index contributed by atoms with van der Waals surface area (Å²) in [4.78, 5) is 11.3. The van der Waals surface area contributed by atoms with Gasteiger partial charge in [0.1, 0.15) is 0 Å². The number of hydrogen-bond acceptors (Lipinski definition) is 2. The molecule has 0 aliphatic heterocycles. The lowest BCUT2D eigenvalue weighted by molar-refractivity contribution is 0.172. The van der Waals surface area contributed by atoms with E-state index in [-0.39, 0.29) is 18.6 Å². The number of aliphatic hydroxyl groups is 1. The number of carbonyl (C=O) groups is 1. The number of amides is 2. The summed E-state index contributed by atoms with van der Waals surface area (Å²) in [5.74, 6) is 0. The Hall–Kier alpha value is -1.55. The molecule has 0 saturated carbocycles. The fraction of sp³-hybridized carbons (Fsp3) is 0.417. The summed E-state index contributed by atoms with van der Waals surface area (Å²) in [6.45, 7) is 3.98. The zero-order chi connectivity index (χ0) is 12.0. The molecule has 0 aromatic heterocycles. The predicted molar refractivity (Wildman–Crippen MR) is 63.1 cm³/mol. The topological polar surface area (TPSA) is 61.4 Å². The van der Waals surface area contributed by atoms with Crippen molar-refractivity contribution in [3.8, 4) is 0 Å². The smallest absolute Gasteiger partial charge is 0.315 e. The summed E-state index contributed by atoms with van der Waals surface area (Å²) in [5, 5.41) is 15.1. The Morgan fingerprint density at radius 2 is 1.94 bits per heavy atom. The fourth-order valence-corrected chi connectivity index (χ4v) is 1.30. The van der Waals surface area contributed by atoms with Gasteiger partial charge in [0.15, 0.2) is 0 Å². The predicted octanol–water partition coefficient (Wildman–Crippen LogP) is 1.43. The minimum atomic E-state index is -0.667. The first-order valence-electron chi connectivity index (χ1n) is 5.37. The SMILES string of the molecule is CC(C)NC(=O)NCC(O)c1ccccc1. The van der Waals surface area contributed by atoms with E-state index in [0.29, 0.717) is 0 Å². The van der Waals surface area contributed by atoms with Gasteiger partial charge in [0, 0.05) is 12.6 Å². The van der Waals surface area contributed by atoms with Crippen LogP contribution in [0.1, 0.15) is 25.5 Å². The van der Waals surface area contributed by atoms with Crippen molar-refractivity contribution < 1.29 is 9.90 Å². The monoisotopic (exact) mass is 222 g/mol. The molecule has 0 saturated heterocycles. The second-order valence-electron chi connectivity index (χ2n) is 3.94. The van der Waals surface area contributed by atoms with Crippen molar-refractivity contribution in [2.75, 3.05) is 6.54 Å². The molecule has 0 aliphatic carbocycles. The van der Waals surface area contributed by atoms with Crippen LogP contribution in [0.15, 0.2) is 30.3 Å². The molecule has 1 aromatic rings. The second kappa shape index (κ2) is 6.12. The van der Waals surface area contributed by atoms with Gasteiger partial charge in [-0.3, -0.25) is 0 Å². The van der Waals surface area contributed by atoms with Crippen LogP contribution in [0.3, 0.4) is 0 Å². The molecule has 88 valence electrons. The van der Waals surface area contributed by atoms with Crippen LogP contribution in [-0.4, -0.2) is 23.7 Å². The molecular formula is C12H18N2O2. The Bertz CT molecular complexity index is 325. The van der Waals surface area contributed by atoms with Crippen LogP contribution < -0.4 is 10.6 Å². The van der Waals surface area contributed by atoms with Crippen molar-refractivity contribution in [3.05, 3.63) is 35.9 Å². The minimum Gasteiger partial charge on any atom is -0.387 e. The Kier molecular flexibility index (Phi) is 4.79. The minimum absolute atomic E-state index is 0.0915. The lowest BCUT2D eigenvalue weighted by atomic mass is 10.1. The van der Waals surface area contributed by atoms with Crippen LogP contribution in [-0.2, 0) is 0 Å². The van der Waals surface area contributed by atoms with Gasteiger partial charge < -0.3 is 15.7 Å². The molecule has 1 rings (SSSR count). The van der Waals surface area contributed by atoms with Gasteiger partial charge in [0.2, 0.25) is 0 Å². The molecule has 16 heavy (non-hydrogen) atoms. The molecule has 0 aliphatic rings. The fourth-order valence-electron chi connectivity index (χ4n) is 1.30. The van der Waals surface area contributed by atoms with Gasteiger partial charge in [-0.1, -0.05) is 30.3 Å². The van der Waals surface area contributed by atoms with E-state index in [9.17, 15) is 9.90 Å². The molecule has 1 atom stereocenters. The number of nitrogens with one attached hydrogen (secondary N) is 2. The Morgan fingerprint density at radius 1 is 1.31 bits per heavy atom. The van der Waals surface area contributed by atoms with Crippen molar-refractivity contribution in [2.45, 2.75) is 26.0 Å². The van der Waals surface area contributed by atoms with E-state index in [1.54, 1.807) is 0 Å². The van der Waals surface area contributed by atoms with E-state index in [0.717, 1.165) is 5.56 Å². The maximum atomic E-state index is 11.3. The van der Waals surface area contributed by atoms with E-state index >= 15 is 0 Å². The first-order valence-corrected chi connectivity index (χ1v) is 5.37. The molecule has 0 radical (unpaired) electrons. The number of aliphatic hydroxyl groups excluding tert-OH is 1. The second-order valence-corrected chi connectivity index (χ2v) is 3.94. The van der Waals surface area contributed by atoms with Crippen molar-refractivity contribution in [3.63, 3.8) is 0 Å². The highest BCUT2D eigenvalue weighted by Gasteiger charge is 2.08. The molecule has 0 heterocycles. The molecule has 1 aromatic carbocycles. The first kappa shape index (κ1) is 12.5. The number of urea groups is 1. The van der Waals surface area contributed by atoms with Gasteiger partial charge in [-0.05, 0) is 19.4 Å². The van der Waals surface area contributed by atoms with Crippen LogP contribution in [0.25, 0.3) is 0 Å². The average Bonchev–Trinajstić information content (AvgIpc) is 2.26.